The molecule has 2 heteroatoms. The van der Waals surface area contributed by atoms with Crippen molar-refractivity contribution in [3.8, 4) is 5.75 Å². The summed E-state index contributed by atoms with van der Waals surface area (Å²) >= 11 is 0. The predicted molar refractivity (Wildman–Crippen MR) is 65.1 cm³/mol. The Morgan fingerprint density at radius 1 is 1.25 bits per heavy atom. The van der Waals surface area contributed by atoms with Crippen LogP contribution in [0.25, 0.3) is 5.57 Å². The van der Waals surface area contributed by atoms with Crippen LogP contribution in [0.3, 0.4) is 0 Å². The van der Waals surface area contributed by atoms with Crippen LogP contribution in [0.5, 0.6) is 5.75 Å². The molecule has 0 aliphatic heterocycles. The van der Waals surface area contributed by atoms with Gasteiger partial charge in [-0.15, -0.1) is 0 Å². The van der Waals surface area contributed by atoms with E-state index in [4.69, 9.17) is 0 Å². The van der Waals surface area contributed by atoms with Crippen molar-refractivity contribution in [3.05, 3.63) is 35.9 Å². The summed E-state index contributed by atoms with van der Waals surface area (Å²) < 4.78 is 0. The van der Waals surface area contributed by atoms with Gasteiger partial charge in [0, 0.05) is 6.61 Å². The molecule has 0 heterocycles. The maximum absolute atomic E-state index is 9.23. The molecule has 86 valence electrons. The lowest BCUT2D eigenvalue weighted by Crippen LogP contribution is -2.18. The van der Waals surface area contributed by atoms with Crippen LogP contribution in [0.1, 0.15) is 25.3 Å². The number of aromatic hydroxyl groups is 1. The van der Waals surface area contributed by atoms with Crippen molar-refractivity contribution in [1.82, 2.24) is 0 Å². The molecule has 0 saturated carbocycles. The van der Waals surface area contributed by atoms with E-state index in [0.29, 0.717) is 17.6 Å². The second-order valence-corrected chi connectivity index (χ2v) is 4.58. The standard InChI is InChI=1S/C14H18O2/c1-10-8-12(2-3-13(10)9-15)11-4-6-14(16)7-5-11/h4-8,10,13,15-16H,2-3,9H2,1H3/t10-,13-/m1/s1. The molecule has 1 aliphatic carbocycles. The molecular weight excluding hydrogens is 200 g/mol. The number of allylic oxidation sites excluding steroid dienone is 2. The Morgan fingerprint density at radius 2 is 1.94 bits per heavy atom. The molecule has 0 bridgehead atoms. The van der Waals surface area contributed by atoms with Crippen LogP contribution in [-0.2, 0) is 0 Å². The van der Waals surface area contributed by atoms with Crippen LogP contribution in [0, 0.1) is 11.8 Å². The number of aliphatic hydroxyl groups is 1. The fourth-order valence-electron chi connectivity index (χ4n) is 2.31. The van der Waals surface area contributed by atoms with Crippen LogP contribution < -0.4 is 0 Å². The third-order valence-electron chi connectivity index (χ3n) is 3.46. The van der Waals surface area contributed by atoms with Crippen molar-refractivity contribution in [2.24, 2.45) is 11.8 Å². The first-order chi connectivity index (χ1) is 7.70. The van der Waals surface area contributed by atoms with Gasteiger partial charge in [0.05, 0.1) is 0 Å². The predicted octanol–water partition coefficient (Wildman–Crippen LogP) is 2.81. The Labute approximate surface area is 96.2 Å². The quantitative estimate of drug-likeness (QED) is 0.801. The molecule has 2 atom stereocenters. The van der Waals surface area contributed by atoms with Gasteiger partial charge in [-0.25, -0.2) is 0 Å². The van der Waals surface area contributed by atoms with Gasteiger partial charge >= 0.3 is 0 Å². The lowest BCUT2D eigenvalue weighted by Gasteiger charge is -2.26. The second kappa shape index (κ2) is 4.71. The Kier molecular flexibility index (Phi) is 3.30. The van der Waals surface area contributed by atoms with Crippen LogP contribution in [0.15, 0.2) is 30.3 Å². The molecular formula is C14H18O2. The topological polar surface area (TPSA) is 40.5 Å². The van der Waals surface area contributed by atoms with Crippen LogP contribution in [0.4, 0.5) is 0 Å². The van der Waals surface area contributed by atoms with Crippen LogP contribution >= 0.6 is 0 Å². The summed E-state index contributed by atoms with van der Waals surface area (Å²) in [6.07, 6.45) is 4.31. The molecule has 0 unspecified atom stereocenters. The Morgan fingerprint density at radius 3 is 2.50 bits per heavy atom. The van der Waals surface area contributed by atoms with Crippen molar-refractivity contribution >= 4 is 5.57 Å². The summed E-state index contributed by atoms with van der Waals surface area (Å²) in [4.78, 5) is 0. The smallest absolute Gasteiger partial charge is 0.115 e. The minimum Gasteiger partial charge on any atom is -0.508 e. The van der Waals surface area contributed by atoms with E-state index in [1.54, 1.807) is 12.1 Å². The molecule has 0 saturated heterocycles. The van der Waals surface area contributed by atoms with Gasteiger partial charge < -0.3 is 10.2 Å². The zero-order valence-corrected chi connectivity index (χ0v) is 9.56. The fraction of sp³-hybridized carbons (Fsp3) is 0.429. The zero-order chi connectivity index (χ0) is 11.5. The van der Waals surface area contributed by atoms with E-state index in [-0.39, 0.29) is 6.61 Å². The van der Waals surface area contributed by atoms with E-state index in [0.717, 1.165) is 12.8 Å². The van der Waals surface area contributed by atoms with E-state index >= 15 is 0 Å². The van der Waals surface area contributed by atoms with Crippen molar-refractivity contribution in [3.63, 3.8) is 0 Å². The maximum Gasteiger partial charge on any atom is 0.115 e. The Balaban J connectivity index is 2.20. The monoisotopic (exact) mass is 218 g/mol. The van der Waals surface area contributed by atoms with Gasteiger partial charge in [0.2, 0.25) is 0 Å². The highest BCUT2D eigenvalue weighted by atomic mass is 16.3. The largest absolute Gasteiger partial charge is 0.508 e. The molecule has 2 nitrogen and oxygen atoms in total. The lowest BCUT2D eigenvalue weighted by atomic mass is 9.80. The molecule has 0 spiro atoms. The van der Waals surface area contributed by atoms with Crippen molar-refractivity contribution in [2.75, 3.05) is 6.61 Å². The van der Waals surface area contributed by atoms with Gasteiger partial charge in [-0.2, -0.15) is 0 Å². The average molecular weight is 218 g/mol. The van der Waals surface area contributed by atoms with E-state index in [1.165, 1.54) is 11.1 Å². The first kappa shape index (κ1) is 11.2. The summed E-state index contributed by atoms with van der Waals surface area (Å²) in [5.41, 5.74) is 2.51. The molecule has 0 amide bonds. The lowest BCUT2D eigenvalue weighted by molar-refractivity contribution is 0.189. The normalized spacial score (nSPS) is 25.2. The Hall–Kier alpha value is -1.28. The molecule has 0 radical (unpaired) electrons. The highest BCUT2D eigenvalue weighted by Gasteiger charge is 2.20. The SMILES string of the molecule is C[C@@H]1C=C(c2ccc(O)cc2)CC[C@@H]1CO. The number of phenols is 1. The summed E-state index contributed by atoms with van der Waals surface area (Å²) in [7, 11) is 0. The number of phenolic OH excluding ortho intramolecular Hbond substituents is 1. The van der Waals surface area contributed by atoms with E-state index < -0.39 is 0 Å². The first-order valence-corrected chi connectivity index (χ1v) is 5.81. The molecule has 2 N–H and O–H groups in total. The minimum absolute atomic E-state index is 0.278. The number of aliphatic hydroxyl groups excluding tert-OH is 1. The maximum atomic E-state index is 9.23. The average Bonchev–Trinajstić information content (AvgIpc) is 2.30. The third kappa shape index (κ3) is 2.27. The zero-order valence-electron chi connectivity index (χ0n) is 9.56. The highest BCUT2D eigenvalue weighted by molar-refractivity contribution is 5.67. The van der Waals surface area contributed by atoms with Crippen molar-refractivity contribution in [1.29, 1.82) is 0 Å². The third-order valence-corrected chi connectivity index (χ3v) is 3.46. The number of hydrogen-bond donors (Lipinski definition) is 2. The summed E-state index contributed by atoms with van der Waals surface area (Å²) in [5.74, 6) is 1.14. The number of benzene rings is 1. The highest BCUT2D eigenvalue weighted by Crippen LogP contribution is 2.33. The minimum atomic E-state index is 0.278. The molecule has 2 rings (SSSR count). The molecule has 0 fully saturated rings. The van der Waals surface area contributed by atoms with Gasteiger partial charge in [0.25, 0.3) is 0 Å². The number of rotatable bonds is 2. The van der Waals surface area contributed by atoms with Crippen LogP contribution in [-0.4, -0.2) is 16.8 Å². The van der Waals surface area contributed by atoms with E-state index in [1.807, 2.05) is 12.1 Å². The molecule has 0 aromatic heterocycles. The fourth-order valence-corrected chi connectivity index (χ4v) is 2.31. The van der Waals surface area contributed by atoms with Crippen molar-refractivity contribution < 1.29 is 10.2 Å². The van der Waals surface area contributed by atoms with Gasteiger partial charge in [0.1, 0.15) is 5.75 Å². The van der Waals surface area contributed by atoms with Gasteiger partial charge in [-0.05, 0) is 47.9 Å². The number of hydrogen-bond acceptors (Lipinski definition) is 2. The van der Waals surface area contributed by atoms with Gasteiger partial charge in [-0.1, -0.05) is 25.1 Å². The molecule has 1 aromatic rings. The molecule has 16 heavy (non-hydrogen) atoms. The first-order valence-electron chi connectivity index (χ1n) is 5.81. The molecule has 1 aliphatic rings. The second-order valence-electron chi connectivity index (χ2n) is 4.58. The summed E-state index contributed by atoms with van der Waals surface area (Å²) in [6, 6.07) is 7.35. The van der Waals surface area contributed by atoms with E-state index in [9.17, 15) is 10.2 Å². The summed E-state index contributed by atoms with van der Waals surface area (Å²) in [6.45, 7) is 2.43. The summed E-state index contributed by atoms with van der Waals surface area (Å²) in [5, 5.41) is 18.4. The van der Waals surface area contributed by atoms with Crippen molar-refractivity contribution in [2.45, 2.75) is 19.8 Å². The van der Waals surface area contributed by atoms with Gasteiger partial charge in [-0.3, -0.25) is 0 Å². The Bertz CT molecular complexity index is 378. The molecule has 1 aromatic carbocycles. The van der Waals surface area contributed by atoms with Gasteiger partial charge in [0.15, 0.2) is 0 Å². The van der Waals surface area contributed by atoms with Crippen LogP contribution in [0.2, 0.25) is 0 Å². The van der Waals surface area contributed by atoms with E-state index in [2.05, 4.69) is 13.0 Å².